The maximum Gasteiger partial charge on any atom is 0.407 e. The molecular formula is C12H22N2O2. The molecule has 1 aliphatic carbocycles. The molecular weight excluding hydrogens is 204 g/mol. The average molecular weight is 226 g/mol. The van der Waals surface area contributed by atoms with Crippen molar-refractivity contribution < 1.29 is 9.53 Å². The number of amides is 1. The molecule has 0 aromatic rings. The molecule has 0 aromatic carbocycles. The Morgan fingerprint density at radius 3 is 2.75 bits per heavy atom. The molecule has 2 rings (SSSR count). The van der Waals surface area contributed by atoms with Crippen molar-refractivity contribution in [2.75, 3.05) is 19.7 Å². The minimum absolute atomic E-state index is 0.223. The molecule has 1 saturated carbocycles. The predicted molar refractivity (Wildman–Crippen MR) is 62.3 cm³/mol. The fraction of sp³-hybridized carbons (Fsp3) is 0.917. The van der Waals surface area contributed by atoms with Gasteiger partial charge in [0.25, 0.3) is 0 Å². The van der Waals surface area contributed by atoms with Crippen LogP contribution in [0.4, 0.5) is 4.79 Å². The van der Waals surface area contributed by atoms with Crippen LogP contribution in [0.1, 0.15) is 38.5 Å². The first kappa shape index (κ1) is 11.7. The zero-order valence-electron chi connectivity index (χ0n) is 9.84. The molecule has 1 aliphatic heterocycles. The van der Waals surface area contributed by atoms with E-state index in [1.807, 2.05) is 0 Å². The van der Waals surface area contributed by atoms with Crippen molar-refractivity contribution in [1.82, 2.24) is 10.6 Å². The van der Waals surface area contributed by atoms with Crippen molar-refractivity contribution in [2.24, 2.45) is 5.92 Å². The zero-order valence-corrected chi connectivity index (χ0v) is 9.84. The first-order valence-corrected chi connectivity index (χ1v) is 6.48. The second-order valence-electron chi connectivity index (χ2n) is 4.94. The van der Waals surface area contributed by atoms with Crippen LogP contribution >= 0.6 is 0 Å². The van der Waals surface area contributed by atoms with E-state index in [9.17, 15) is 4.79 Å². The molecule has 1 unspecified atom stereocenters. The summed E-state index contributed by atoms with van der Waals surface area (Å²) in [5.74, 6) is 0.511. The predicted octanol–water partition coefficient (Wildman–Crippen LogP) is 1.65. The van der Waals surface area contributed by atoms with Crippen molar-refractivity contribution in [2.45, 2.75) is 44.6 Å². The van der Waals surface area contributed by atoms with Gasteiger partial charge in [-0.15, -0.1) is 0 Å². The Morgan fingerprint density at radius 2 is 2.06 bits per heavy atom. The van der Waals surface area contributed by atoms with E-state index in [0.29, 0.717) is 18.6 Å². The van der Waals surface area contributed by atoms with Crippen LogP contribution in [0.5, 0.6) is 0 Å². The Balaban J connectivity index is 1.59. The highest BCUT2D eigenvalue weighted by atomic mass is 16.5. The van der Waals surface area contributed by atoms with Gasteiger partial charge in [-0.1, -0.05) is 19.3 Å². The van der Waals surface area contributed by atoms with Crippen LogP contribution in [0, 0.1) is 5.92 Å². The number of carbonyl (C=O) groups excluding carboxylic acids is 1. The van der Waals surface area contributed by atoms with Gasteiger partial charge in [-0.25, -0.2) is 4.79 Å². The number of alkyl carbamates (subject to hydrolysis) is 1. The average Bonchev–Trinajstić information content (AvgIpc) is 2.81. The highest BCUT2D eigenvalue weighted by Gasteiger charge is 2.19. The van der Waals surface area contributed by atoms with Crippen molar-refractivity contribution in [1.29, 1.82) is 0 Å². The third-order valence-electron chi connectivity index (χ3n) is 3.54. The molecule has 2 N–H and O–H groups in total. The van der Waals surface area contributed by atoms with Gasteiger partial charge >= 0.3 is 6.09 Å². The van der Waals surface area contributed by atoms with Gasteiger partial charge in [0.2, 0.25) is 0 Å². The van der Waals surface area contributed by atoms with Crippen LogP contribution in [-0.2, 0) is 4.74 Å². The zero-order chi connectivity index (χ0) is 11.2. The van der Waals surface area contributed by atoms with Crippen molar-refractivity contribution >= 4 is 6.09 Å². The Hall–Kier alpha value is -0.770. The lowest BCUT2D eigenvalue weighted by atomic mass is 9.96. The highest BCUT2D eigenvalue weighted by Crippen LogP contribution is 2.17. The lowest BCUT2D eigenvalue weighted by Gasteiger charge is -2.22. The van der Waals surface area contributed by atoms with Gasteiger partial charge in [0.15, 0.2) is 0 Å². The normalized spacial score (nSPS) is 26.6. The standard InChI is InChI=1S/C12H22N2O2/c15-12(14-11-4-2-1-3-5-11)16-9-10-6-7-13-8-10/h10-11,13H,1-9H2,(H,14,15). The number of ether oxygens (including phenoxy) is 1. The van der Waals surface area contributed by atoms with Gasteiger partial charge in [0.1, 0.15) is 0 Å². The maximum absolute atomic E-state index is 11.5. The summed E-state index contributed by atoms with van der Waals surface area (Å²) in [6.45, 7) is 2.60. The van der Waals surface area contributed by atoms with E-state index in [-0.39, 0.29) is 6.09 Å². The first-order valence-electron chi connectivity index (χ1n) is 6.48. The Labute approximate surface area is 97.1 Å². The second-order valence-corrected chi connectivity index (χ2v) is 4.94. The number of hydrogen-bond donors (Lipinski definition) is 2. The highest BCUT2D eigenvalue weighted by molar-refractivity contribution is 5.67. The number of rotatable bonds is 3. The lowest BCUT2D eigenvalue weighted by molar-refractivity contribution is 0.124. The molecule has 1 heterocycles. The Bertz CT molecular complexity index is 221. The minimum Gasteiger partial charge on any atom is -0.449 e. The summed E-state index contributed by atoms with van der Waals surface area (Å²) in [6, 6.07) is 0.350. The third kappa shape index (κ3) is 3.67. The fourth-order valence-corrected chi connectivity index (χ4v) is 2.51. The van der Waals surface area contributed by atoms with Gasteiger partial charge in [-0.2, -0.15) is 0 Å². The number of carbonyl (C=O) groups is 1. The summed E-state index contributed by atoms with van der Waals surface area (Å²) in [6.07, 6.45) is 6.89. The topological polar surface area (TPSA) is 50.4 Å². The van der Waals surface area contributed by atoms with Crippen LogP contribution in [0.25, 0.3) is 0 Å². The molecule has 1 amide bonds. The molecule has 0 spiro atoms. The van der Waals surface area contributed by atoms with Crippen molar-refractivity contribution in [3.63, 3.8) is 0 Å². The van der Waals surface area contributed by atoms with Crippen LogP contribution in [-0.4, -0.2) is 31.8 Å². The second kappa shape index (κ2) is 6.09. The maximum atomic E-state index is 11.5. The van der Waals surface area contributed by atoms with Crippen LogP contribution in [0.15, 0.2) is 0 Å². The van der Waals surface area contributed by atoms with Gasteiger partial charge in [-0.3, -0.25) is 0 Å². The van der Waals surface area contributed by atoms with E-state index in [1.54, 1.807) is 0 Å². The third-order valence-corrected chi connectivity index (χ3v) is 3.54. The molecule has 0 aromatic heterocycles. The molecule has 4 nitrogen and oxygen atoms in total. The van der Waals surface area contributed by atoms with E-state index in [0.717, 1.165) is 32.4 Å². The molecule has 0 bridgehead atoms. The van der Waals surface area contributed by atoms with Crippen LogP contribution in [0.2, 0.25) is 0 Å². The van der Waals surface area contributed by atoms with Gasteiger partial charge < -0.3 is 15.4 Å². The number of nitrogens with one attached hydrogen (secondary N) is 2. The van der Waals surface area contributed by atoms with Crippen molar-refractivity contribution in [3.05, 3.63) is 0 Å². The minimum atomic E-state index is -0.223. The van der Waals surface area contributed by atoms with Crippen LogP contribution < -0.4 is 10.6 Å². The number of hydrogen-bond acceptors (Lipinski definition) is 3. The SMILES string of the molecule is O=C(NC1CCCCC1)OCC1CCNC1. The van der Waals surface area contributed by atoms with E-state index < -0.39 is 0 Å². The molecule has 1 saturated heterocycles. The van der Waals surface area contributed by atoms with Gasteiger partial charge in [-0.05, 0) is 25.8 Å². The summed E-state index contributed by atoms with van der Waals surface area (Å²) in [4.78, 5) is 11.5. The molecule has 1 atom stereocenters. The van der Waals surface area contributed by atoms with Crippen LogP contribution in [0.3, 0.4) is 0 Å². The summed E-state index contributed by atoms with van der Waals surface area (Å²) < 4.78 is 5.24. The Kier molecular flexibility index (Phi) is 4.45. The molecule has 92 valence electrons. The quantitative estimate of drug-likeness (QED) is 0.769. The lowest BCUT2D eigenvalue weighted by Crippen LogP contribution is -2.37. The summed E-state index contributed by atoms with van der Waals surface area (Å²) in [5, 5.41) is 6.23. The molecule has 4 heteroatoms. The van der Waals surface area contributed by atoms with Gasteiger partial charge in [0, 0.05) is 18.5 Å². The monoisotopic (exact) mass is 226 g/mol. The van der Waals surface area contributed by atoms with E-state index in [1.165, 1.54) is 19.3 Å². The summed E-state index contributed by atoms with van der Waals surface area (Å²) in [5.41, 5.74) is 0. The molecule has 2 aliphatic rings. The first-order chi connectivity index (χ1) is 7.84. The molecule has 16 heavy (non-hydrogen) atoms. The fourth-order valence-electron chi connectivity index (χ4n) is 2.51. The molecule has 0 radical (unpaired) electrons. The van der Waals surface area contributed by atoms with E-state index in [2.05, 4.69) is 10.6 Å². The molecule has 2 fully saturated rings. The summed E-state index contributed by atoms with van der Waals surface area (Å²) in [7, 11) is 0. The van der Waals surface area contributed by atoms with E-state index >= 15 is 0 Å². The van der Waals surface area contributed by atoms with Crippen molar-refractivity contribution in [3.8, 4) is 0 Å². The largest absolute Gasteiger partial charge is 0.449 e. The summed E-state index contributed by atoms with van der Waals surface area (Å²) >= 11 is 0. The van der Waals surface area contributed by atoms with Gasteiger partial charge in [0.05, 0.1) is 6.61 Å². The van der Waals surface area contributed by atoms with E-state index in [4.69, 9.17) is 4.74 Å². The smallest absolute Gasteiger partial charge is 0.407 e. The Morgan fingerprint density at radius 1 is 1.25 bits per heavy atom.